The second kappa shape index (κ2) is 5.13. The Balaban J connectivity index is 2.15. The van der Waals surface area contributed by atoms with Gasteiger partial charge in [-0.2, -0.15) is 0 Å². The highest BCUT2D eigenvalue weighted by molar-refractivity contribution is 5.84. The van der Waals surface area contributed by atoms with E-state index in [0.717, 1.165) is 5.56 Å². The topological polar surface area (TPSA) is 46.6 Å². The van der Waals surface area contributed by atoms with Crippen LogP contribution < -0.4 is 0 Å². The summed E-state index contributed by atoms with van der Waals surface area (Å²) in [6, 6.07) is 9.48. The molecule has 1 aliphatic rings. The first-order chi connectivity index (χ1) is 8.88. The fraction of sp³-hybridized carbons (Fsp3) is 0.467. The van der Waals surface area contributed by atoms with Crippen LogP contribution in [0.4, 0.5) is 0 Å². The summed E-state index contributed by atoms with van der Waals surface area (Å²) in [6.45, 7) is 5.56. The number of hydrogen-bond acceptors (Lipinski definition) is 4. The summed E-state index contributed by atoms with van der Waals surface area (Å²) in [4.78, 5) is 29.0. The molecule has 0 amide bonds. The van der Waals surface area contributed by atoms with Gasteiger partial charge in [0.25, 0.3) is 0 Å². The molecule has 0 radical (unpaired) electrons. The summed E-state index contributed by atoms with van der Waals surface area (Å²) >= 11 is 0. The van der Waals surface area contributed by atoms with Crippen LogP contribution in [-0.2, 0) is 14.4 Å². The van der Waals surface area contributed by atoms with E-state index in [0.29, 0.717) is 6.42 Å². The molecule has 1 aromatic rings. The quantitative estimate of drug-likeness (QED) is 0.820. The Morgan fingerprint density at radius 3 is 2.47 bits per heavy atom. The van der Waals surface area contributed by atoms with Crippen molar-refractivity contribution in [2.45, 2.75) is 33.2 Å². The van der Waals surface area contributed by atoms with Gasteiger partial charge in [-0.1, -0.05) is 30.3 Å². The number of hydroxylamine groups is 2. The molecule has 1 heterocycles. The van der Waals surface area contributed by atoms with Gasteiger partial charge in [0, 0.05) is 6.42 Å². The Bertz CT molecular complexity index is 476. The summed E-state index contributed by atoms with van der Waals surface area (Å²) in [5.41, 5.74) is 0.419. The standard InChI is InChI=1S/C15H19NO3/c1-15(2,3)14(18)19-16-10-12(17)9-13(16)11-7-5-4-6-8-11/h4-8,13H,9-10H2,1-3H3/t13-/m0/s1. The van der Waals surface area contributed by atoms with Crippen molar-refractivity contribution in [3.8, 4) is 0 Å². The number of rotatable bonds is 2. The number of Topliss-reactive ketones (excluding diaryl/α,β-unsaturated/α-hetero) is 1. The fourth-order valence-corrected chi connectivity index (χ4v) is 1.96. The molecule has 0 N–H and O–H groups in total. The minimum absolute atomic E-state index is 0.0931. The van der Waals surface area contributed by atoms with Gasteiger partial charge in [-0.3, -0.25) is 4.79 Å². The summed E-state index contributed by atoms with van der Waals surface area (Å²) in [6.07, 6.45) is 0.390. The minimum Gasteiger partial charge on any atom is -0.366 e. The zero-order valence-corrected chi connectivity index (χ0v) is 11.6. The molecule has 4 nitrogen and oxygen atoms in total. The second-order valence-electron chi connectivity index (χ2n) is 5.87. The van der Waals surface area contributed by atoms with Crippen LogP contribution in [0.1, 0.15) is 38.8 Å². The van der Waals surface area contributed by atoms with Crippen LogP contribution in [0.3, 0.4) is 0 Å². The highest BCUT2D eigenvalue weighted by atomic mass is 16.7. The summed E-state index contributed by atoms with van der Waals surface area (Å²) < 4.78 is 0. The lowest BCUT2D eigenvalue weighted by Gasteiger charge is -2.26. The average Bonchev–Trinajstić information content (AvgIpc) is 2.70. The first-order valence-corrected chi connectivity index (χ1v) is 6.43. The molecule has 1 aromatic carbocycles. The molecule has 1 atom stereocenters. The van der Waals surface area contributed by atoms with Crippen LogP contribution in [0.5, 0.6) is 0 Å². The fourth-order valence-electron chi connectivity index (χ4n) is 1.96. The van der Waals surface area contributed by atoms with Crippen LogP contribution in [-0.4, -0.2) is 23.4 Å². The van der Waals surface area contributed by atoms with Gasteiger partial charge in [0.05, 0.1) is 18.0 Å². The van der Waals surface area contributed by atoms with E-state index in [2.05, 4.69) is 0 Å². The van der Waals surface area contributed by atoms with Gasteiger partial charge in [-0.05, 0) is 26.3 Å². The van der Waals surface area contributed by atoms with E-state index >= 15 is 0 Å². The van der Waals surface area contributed by atoms with Crippen LogP contribution in [0.25, 0.3) is 0 Å². The number of ketones is 1. The predicted octanol–water partition coefficient (Wildman–Crippen LogP) is 2.51. The third-order valence-electron chi connectivity index (χ3n) is 3.10. The van der Waals surface area contributed by atoms with E-state index in [9.17, 15) is 9.59 Å². The van der Waals surface area contributed by atoms with Gasteiger partial charge < -0.3 is 4.84 Å². The van der Waals surface area contributed by atoms with Crippen LogP contribution in [0.2, 0.25) is 0 Å². The molecular formula is C15H19NO3. The maximum Gasteiger partial charge on any atom is 0.330 e. The SMILES string of the molecule is CC(C)(C)C(=O)ON1CC(=O)C[C@H]1c1ccccc1. The van der Waals surface area contributed by atoms with E-state index in [1.54, 1.807) is 20.8 Å². The normalized spacial score (nSPS) is 20.6. The Labute approximate surface area is 113 Å². The summed E-state index contributed by atoms with van der Waals surface area (Å²) in [5.74, 6) is -0.223. The van der Waals surface area contributed by atoms with Crippen molar-refractivity contribution in [2.75, 3.05) is 6.54 Å². The number of benzene rings is 1. The lowest BCUT2D eigenvalue weighted by molar-refractivity contribution is -0.204. The lowest BCUT2D eigenvalue weighted by atomic mass is 9.98. The zero-order chi connectivity index (χ0) is 14.0. The number of nitrogens with zero attached hydrogens (tertiary/aromatic N) is 1. The Morgan fingerprint density at radius 2 is 1.89 bits per heavy atom. The molecule has 102 valence electrons. The van der Waals surface area contributed by atoms with Crippen LogP contribution >= 0.6 is 0 Å². The van der Waals surface area contributed by atoms with Crippen molar-refractivity contribution in [3.05, 3.63) is 35.9 Å². The molecule has 4 heteroatoms. The molecule has 0 unspecified atom stereocenters. The molecule has 0 bridgehead atoms. The number of hydrogen-bond donors (Lipinski definition) is 0. The van der Waals surface area contributed by atoms with E-state index in [-0.39, 0.29) is 24.3 Å². The average molecular weight is 261 g/mol. The van der Waals surface area contributed by atoms with Crippen LogP contribution in [0, 0.1) is 5.41 Å². The minimum atomic E-state index is -0.577. The molecule has 1 fully saturated rings. The van der Waals surface area contributed by atoms with E-state index in [1.165, 1.54) is 5.06 Å². The van der Waals surface area contributed by atoms with E-state index in [4.69, 9.17) is 4.84 Å². The van der Waals surface area contributed by atoms with E-state index < -0.39 is 5.41 Å². The Hall–Kier alpha value is -1.68. The van der Waals surface area contributed by atoms with Crippen molar-refractivity contribution in [2.24, 2.45) is 5.41 Å². The molecular weight excluding hydrogens is 242 g/mol. The van der Waals surface area contributed by atoms with E-state index in [1.807, 2.05) is 30.3 Å². The monoisotopic (exact) mass is 261 g/mol. The third kappa shape index (κ3) is 3.20. The number of carbonyl (C=O) groups excluding carboxylic acids is 2. The largest absolute Gasteiger partial charge is 0.366 e. The van der Waals surface area contributed by atoms with Crippen molar-refractivity contribution in [1.29, 1.82) is 0 Å². The maximum atomic E-state index is 11.9. The van der Waals surface area contributed by atoms with Crippen molar-refractivity contribution >= 4 is 11.8 Å². The molecule has 1 aliphatic heterocycles. The smallest absolute Gasteiger partial charge is 0.330 e. The van der Waals surface area contributed by atoms with Gasteiger partial charge in [-0.25, -0.2) is 4.79 Å². The molecule has 1 saturated heterocycles. The predicted molar refractivity (Wildman–Crippen MR) is 71.1 cm³/mol. The van der Waals surface area contributed by atoms with Gasteiger partial charge in [0.1, 0.15) is 0 Å². The molecule has 0 spiro atoms. The Kier molecular flexibility index (Phi) is 3.71. The second-order valence-corrected chi connectivity index (χ2v) is 5.87. The molecule has 0 aliphatic carbocycles. The number of carbonyl (C=O) groups is 2. The maximum absolute atomic E-state index is 11.9. The van der Waals surface area contributed by atoms with Crippen molar-refractivity contribution < 1.29 is 14.4 Å². The van der Waals surface area contributed by atoms with Gasteiger partial charge in [0.2, 0.25) is 0 Å². The van der Waals surface area contributed by atoms with Gasteiger partial charge >= 0.3 is 5.97 Å². The first kappa shape index (κ1) is 13.7. The molecule has 2 rings (SSSR count). The van der Waals surface area contributed by atoms with Crippen molar-refractivity contribution in [3.63, 3.8) is 0 Å². The molecule has 0 saturated carbocycles. The van der Waals surface area contributed by atoms with Gasteiger partial charge in [-0.15, -0.1) is 5.06 Å². The van der Waals surface area contributed by atoms with Gasteiger partial charge in [0.15, 0.2) is 5.78 Å². The summed E-state index contributed by atoms with van der Waals surface area (Å²) in [5, 5.41) is 1.51. The third-order valence-corrected chi connectivity index (χ3v) is 3.10. The lowest BCUT2D eigenvalue weighted by Crippen LogP contribution is -2.33. The molecule has 19 heavy (non-hydrogen) atoms. The zero-order valence-electron chi connectivity index (χ0n) is 11.6. The Morgan fingerprint density at radius 1 is 1.26 bits per heavy atom. The van der Waals surface area contributed by atoms with Crippen LogP contribution in [0.15, 0.2) is 30.3 Å². The first-order valence-electron chi connectivity index (χ1n) is 6.43. The summed E-state index contributed by atoms with van der Waals surface area (Å²) in [7, 11) is 0. The highest BCUT2D eigenvalue weighted by Gasteiger charge is 2.36. The van der Waals surface area contributed by atoms with Crippen molar-refractivity contribution in [1.82, 2.24) is 5.06 Å². The highest BCUT2D eigenvalue weighted by Crippen LogP contribution is 2.31. The molecule has 0 aromatic heterocycles.